The van der Waals surface area contributed by atoms with Crippen molar-refractivity contribution in [3.8, 4) is 17.6 Å². The fourth-order valence-corrected chi connectivity index (χ4v) is 1.04. The summed E-state index contributed by atoms with van der Waals surface area (Å²) < 4.78 is 5.28. The molecule has 1 rings (SSSR count). The van der Waals surface area contributed by atoms with Crippen molar-refractivity contribution in [1.82, 2.24) is 0 Å². The van der Waals surface area contributed by atoms with E-state index in [2.05, 4.69) is 21.9 Å². The molecule has 0 unspecified atom stereocenters. The van der Waals surface area contributed by atoms with E-state index in [-0.39, 0.29) is 12.3 Å². The first kappa shape index (κ1) is 11.6. The highest BCUT2D eigenvalue weighted by atomic mass is 16.5. The predicted molar refractivity (Wildman–Crippen MR) is 59.6 cm³/mol. The summed E-state index contributed by atoms with van der Waals surface area (Å²) in [5.74, 6) is 5.80. The van der Waals surface area contributed by atoms with Gasteiger partial charge in [-0.3, -0.25) is 4.79 Å². The topological polar surface area (TPSA) is 75.1 Å². The highest BCUT2D eigenvalue weighted by Crippen LogP contribution is 2.28. The molecule has 0 radical (unpaired) electrons. The Bertz CT molecular complexity index is 494. The van der Waals surface area contributed by atoms with Crippen LogP contribution in [0, 0.1) is 11.8 Å². The van der Waals surface area contributed by atoms with E-state index in [4.69, 9.17) is 10.3 Å². The van der Waals surface area contributed by atoms with Gasteiger partial charge in [0.2, 0.25) is 0 Å². The second-order valence-electron chi connectivity index (χ2n) is 2.75. The maximum Gasteiger partial charge on any atom is 0.150 e. The molecule has 1 aromatic rings. The monoisotopic (exact) mass is 215 g/mol. The molecule has 5 nitrogen and oxygen atoms in total. The molecule has 80 valence electrons. The Morgan fingerprint density at radius 3 is 3.06 bits per heavy atom. The van der Waals surface area contributed by atoms with Crippen LogP contribution in [0.1, 0.15) is 17.3 Å². The number of hydrogen-bond donors (Lipinski definition) is 0. The summed E-state index contributed by atoms with van der Waals surface area (Å²) in [6.45, 7) is 1.91. The zero-order valence-corrected chi connectivity index (χ0v) is 8.67. The normalized spacial score (nSPS) is 8.31. The van der Waals surface area contributed by atoms with Crippen molar-refractivity contribution in [2.24, 2.45) is 5.11 Å². The van der Waals surface area contributed by atoms with Gasteiger partial charge in [0, 0.05) is 10.5 Å². The molecule has 1 aromatic carbocycles. The fourth-order valence-electron chi connectivity index (χ4n) is 1.04. The summed E-state index contributed by atoms with van der Waals surface area (Å²) in [5, 5.41) is 3.44. The summed E-state index contributed by atoms with van der Waals surface area (Å²) in [7, 11) is 0. The minimum atomic E-state index is 0.213. The molecule has 0 aromatic heterocycles. The van der Waals surface area contributed by atoms with E-state index < -0.39 is 0 Å². The van der Waals surface area contributed by atoms with E-state index in [1.165, 1.54) is 6.07 Å². The molecule has 0 saturated heterocycles. The van der Waals surface area contributed by atoms with Crippen molar-refractivity contribution in [2.75, 3.05) is 6.61 Å². The molecule has 0 saturated carbocycles. The molecule has 16 heavy (non-hydrogen) atoms. The zero-order valence-electron chi connectivity index (χ0n) is 8.67. The first-order valence-corrected chi connectivity index (χ1v) is 4.48. The number of benzene rings is 1. The van der Waals surface area contributed by atoms with Crippen molar-refractivity contribution in [1.29, 1.82) is 0 Å². The van der Waals surface area contributed by atoms with E-state index >= 15 is 0 Å². The number of carbonyl (C=O) groups excluding carboxylic acids is 1. The number of hydrogen-bond acceptors (Lipinski definition) is 3. The van der Waals surface area contributed by atoms with Crippen molar-refractivity contribution in [3.63, 3.8) is 0 Å². The molecule has 0 fully saturated rings. The molecule has 0 aliphatic carbocycles. The van der Waals surface area contributed by atoms with Crippen molar-refractivity contribution in [2.45, 2.75) is 6.92 Å². The third-order valence-electron chi connectivity index (χ3n) is 1.75. The van der Waals surface area contributed by atoms with Crippen LogP contribution in [-0.4, -0.2) is 12.9 Å². The van der Waals surface area contributed by atoms with Gasteiger partial charge in [0.25, 0.3) is 0 Å². The van der Waals surface area contributed by atoms with Crippen LogP contribution in [-0.2, 0) is 0 Å². The summed E-state index contributed by atoms with van der Waals surface area (Å²) in [6, 6.07) is 4.62. The first-order chi connectivity index (χ1) is 7.81. The van der Waals surface area contributed by atoms with Gasteiger partial charge in [-0.15, -0.1) is 5.92 Å². The second-order valence-corrected chi connectivity index (χ2v) is 2.75. The van der Waals surface area contributed by atoms with Crippen LogP contribution in [0.25, 0.3) is 10.4 Å². The Hall–Kier alpha value is -2.44. The van der Waals surface area contributed by atoms with Crippen molar-refractivity contribution >= 4 is 12.0 Å². The van der Waals surface area contributed by atoms with E-state index in [9.17, 15) is 4.79 Å². The van der Waals surface area contributed by atoms with Crippen LogP contribution in [0.3, 0.4) is 0 Å². The second kappa shape index (κ2) is 6.12. The third kappa shape index (κ3) is 3.05. The molecule has 0 bridgehead atoms. The number of aldehydes is 1. The van der Waals surface area contributed by atoms with Crippen LogP contribution >= 0.6 is 0 Å². The number of azide groups is 1. The summed E-state index contributed by atoms with van der Waals surface area (Å²) in [4.78, 5) is 13.2. The van der Waals surface area contributed by atoms with Crippen LogP contribution in [0.5, 0.6) is 5.75 Å². The largest absolute Gasteiger partial charge is 0.480 e. The highest BCUT2D eigenvalue weighted by molar-refractivity contribution is 5.77. The van der Waals surface area contributed by atoms with Crippen LogP contribution < -0.4 is 4.74 Å². The summed E-state index contributed by atoms with van der Waals surface area (Å²) in [6.07, 6.45) is 0.673. The minimum absolute atomic E-state index is 0.213. The Labute approximate surface area is 92.7 Å². The fraction of sp³-hybridized carbons (Fsp3) is 0.182. The molecular weight excluding hydrogens is 206 g/mol. The third-order valence-corrected chi connectivity index (χ3v) is 1.75. The SMILES string of the molecule is CC#CCOc1ccc(C=O)cc1N=[N+]=[N-]. The molecule has 5 heteroatoms. The minimum Gasteiger partial charge on any atom is -0.480 e. The number of carbonyl (C=O) groups is 1. The first-order valence-electron chi connectivity index (χ1n) is 4.48. The lowest BCUT2D eigenvalue weighted by Gasteiger charge is -2.05. The van der Waals surface area contributed by atoms with Crippen molar-refractivity contribution < 1.29 is 9.53 Å². The quantitative estimate of drug-likeness (QED) is 0.254. The molecular formula is C11H9N3O2. The number of nitrogens with zero attached hydrogens (tertiary/aromatic N) is 3. The summed E-state index contributed by atoms with van der Waals surface area (Å²) >= 11 is 0. The number of ether oxygens (including phenoxy) is 1. The van der Waals surface area contributed by atoms with E-state index in [1.54, 1.807) is 19.1 Å². The van der Waals surface area contributed by atoms with E-state index in [0.717, 1.165) is 0 Å². The molecule has 0 aliphatic heterocycles. The molecule has 0 aliphatic rings. The van der Waals surface area contributed by atoms with Crippen LogP contribution in [0.2, 0.25) is 0 Å². The Balaban J connectivity index is 3.00. The molecule has 0 N–H and O–H groups in total. The van der Waals surface area contributed by atoms with Crippen molar-refractivity contribution in [3.05, 3.63) is 34.2 Å². The Kier molecular flexibility index (Phi) is 4.45. The lowest BCUT2D eigenvalue weighted by atomic mass is 10.2. The maximum absolute atomic E-state index is 10.5. The van der Waals surface area contributed by atoms with Crippen LogP contribution in [0.15, 0.2) is 23.3 Å². The van der Waals surface area contributed by atoms with E-state index in [0.29, 0.717) is 17.6 Å². The maximum atomic E-state index is 10.5. The smallest absolute Gasteiger partial charge is 0.150 e. The molecule has 0 atom stereocenters. The Morgan fingerprint density at radius 2 is 2.44 bits per heavy atom. The van der Waals surface area contributed by atoms with Gasteiger partial charge in [-0.2, -0.15) is 0 Å². The van der Waals surface area contributed by atoms with Gasteiger partial charge in [-0.05, 0) is 30.7 Å². The van der Waals surface area contributed by atoms with Gasteiger partial charge in [-0.25, -0.2) is 0 Å². The number of rotatable bonds is 4. The predicted octanol–water partition coefficient (Wildman–Crippen LogP) is 2.84. The molecule has 0 amide bonds. The van der Waals surface area contributed by atoms with Gasteiger partial charge in [0.1, 0.15) is 18.6 Å². The van der Waals surface area contributed by atoms with E-state index in [1.807, 2.05) is 0 Å². The van der Waals surface area contributed by atoms with Gasteiger partial charge in [0.05, 0.1) is 5.69 Å². The lowest BCUT2D eigenvalue weighted by molar-refractivity contribution is 0.112. The highest BCUT2D eigenvalue weighted by Gasteiger charge is 2.02. The average molecular weight is 215 g/mol. The lowest BCUT2D eigenvalue weighted by Crippen LogP contribution is -1.94. The summed E-state index contributed by atoms with van der Waals surface area (Å²) in [5.41, 5.74) is 9.08. The standard InChI is InChI=1S/C11H9N3O2/c1-2-3-6-16-11-5-4-9(8-15)7-10(11)13-14-12/h4-5,7-8H,6H2,1H3. The van der Waals surface area contributed by atoms with Gasteiger partial charge in [0.15, 0.2) is 0 Å². The molecule has 0 spiro atoms. The molecule has 0 heterocycles. The van der Waals surface area contributed by atoms with Gasteiger partial charge < -0.3 is 4.74 Å². The average Bonchev–Trinajstić information content (AvgIpc) is 2.31. The van der Waals surface area contributed by atoms with Gasteiger partial charge >= 0.3 is 0 Å². The van der Waals surface area contributed by atoms with Crippen LogP contribution in [0.4, 0.5) is 5.69 Å². The zero-order chi connectivity index (χ0) is 11.8. The Morgan fingerprint density at radius 1 is 1.62 bits per heavy atom. The van der Waals surface area contributed by atoms with Gasteiger partial charge in [-0.1, -0.05) is 11.0 Å².